The van der Waals surface area contributed by atoms with E-state index in [9.17, 15) is 4.79 Å². The van der Waals surface area contributed by atoms with Crippen molar-refractivity contribution in [1.82, 2.24) is 9.97 Å². The van der Waals surface area contributed by atoms with Gasteiger partial charge in [-0.1, -0.05) is 0 Å². The first-order chi connectivity index (χ1) is 8.76. The summed E-state index contributed by atoms with van der Waals surface area (Å²) < 4.78 is 4.86. The minimum atomic E-state index is -0.472. The van der Waals surface area contributed by atoms with Gasteiger partial charge in [-0.05, 0) is 25.0 Å². The second kappa shape index (κ2) is 4.17. The van der Waals surface area contributed by atoms with Crippen molar-refractivity contribution >= 4 is 17.3 Å². The van der Waals surface area contributed by atoms with Crippen molar-refractivity contribution < 1.29 is 9.53 Å². The number of aromatic nitrogens is 2. The smallest absolute Gasteiger partial charge is 0.318 e. The minimum Gasteiger partial charge on any atom is -0.468 e. The molecule has 2 aromatic heterocycles. The molecule has 18 heavy (non-hydrogen) atoms. The Bertz CT molecular complexity index is 576. The molecule has 0 radical (unpaired) electrons. The lowest BCUT2D eigenvalue weighted by atomic mass is 10.1. The molecule has 1 saturated carbocycles. The fourth-order valence-corrected chi connectivity index (χ4v) is 3.04. The van der Waals surface area contributed by atoms with E-state index in [1.165, 1.54) is 18.4 Å². The standard InChI is InChI=1S/C13H12N2O2S/c1-17-12(16)13(4-5-13)11-15-10(8-18-11)9-3-2-6-14-7-9/h2-3,6-8H,4-5H2,1H3. The van der Waals surface area contributed by atoms with Crippen molar-refractivity contribution in [2.45, 2.75) is 18.3 Å². The number of nitrogens with zero attached hydrogens (tertiary/aromatic N) is 2. The van der Waals surface area contributed by atoms with Gasteiger partial charge in [-0.2, -0.15) is 0 Å². The quantitative estimate of drug-likeness (QED) is 0.795. The second-order valence-electron chi connectivity index (χ2n) is 4.35. The van der Waals surface area contributed by atoms with Crippen LogP contribution in [0.2, 0.25) is 0 Å². The first kappa shape index (κ1) is 11.3. The van der Waals surface area contributed by atoms with Crippen LogP contribution in [-0.2, 0) is 14.9 Å². The van der Waals surface area contributed by atoms with Gasteiger partial charge in [0, 0.05) is 23.3 Å². The molecule has 0 unspecified atom stereocenters. The molecule has 0 spiro atoms. The maximum absolute atomic E-state index is 11.8. The number of methoxy groups -OCH3 is 1. The number of ether oxygens (including phenoxy) is 1. The van der Waals surface area contributed by atoms with Crippen molar-refractivity contribution in [2.75, 3.05) is 7.11 Å². The molecule has 2 aromatic rings. The molecule has 3 rings (SSSR count). The molecule has 0 saturated heterocycles. The Morgan fingerprint density at radius 1 is 1.50 bits per heavy atom. The largest absolute Gasteiger partial charge is 0.468 e. The van der Waals surface area contributed by atoms with Gasteiger partial charge in [0.15, 0.2) is 0 Å². The molecule has 92 valence electrons. The van der Waals surface area contributed by atoms with Crippen molar-refractivity contribution in [1.29, 1.82) is 0 Å². The normalized spacial score (nSPS) is 16.3. The molecular formula is C13H12N2O2S. The number of thiazole rings is 1. The van der Waals surface area contributed by atoms with Gasteiger partial charge in [0.05, 0.1) is 12.8 Å². The van der Waals surface area contributed by atoms with Crippen molar-refractivity contribution in [2.24, 2.45) is 0 Å². The van der Waals surface area contributed by atoms with E-state index in [4.69, 9.17) is 4.74 Å². The summed E-state index contributed by atoms with van der Waals surface area (Å²) in [5, 5.41) is 2.82. The van der Waals surface area contributed by atoms with E-state index in [0.29, 0.717) is 0 Å². The fourth-order valence-electron chi connectivity index (χ4n) is 1.97. The van der Waals surface area contributed by atoms with Gasteiger partial charge in [0.2, 0.25) is 0 Å². The Morgan fingerprint density at radius 3 is 2.94 bits per heavy atom. The van der Waals surface area contributed by atoms with E-state index in [2.05, 4.69) is 9.97 Å². The van der Waals surface area contributed by atoms with Crippen LogP contribution in [0.3, 0.4) is 0 Å². The predicted molar refractivity (Wildman–Crippen MR) is 68.3 cm³/mol. The van der Waals surface area contributed by atoms with Crippen LogP contribution in [0.5, 0.6) is 0 Å². The summed E-state index contributed by atoms with van der Waals surface area (Å²) in [6.45, 7) is 0. The summed E-state index contributed by atoms with van der Waals surface area (Å²) in [7, 11) is 1.43. The number of esters is 1. The van der Waals surface area contributed by atoms with Crippen LogP contribution in [0.4, 0.5) is 0 Å². The van der Waals surface area contributed by atoms with Gasteiger partial charge < -0.3 is 4.74 Å². The Labute approximate surface area is 109 Å². The van der Waals surface area contributed by atoms with Crippen LogP contribution in [-0.4, -0.2) is 23.0 Å². The lowest BCUT2D eigenvalue weighted by Crippen LogP contribution is -2.21. The van der Waals surface area contributed by atoms with Crippen LogP contribution in [0.15, 0.2) is 29.9 Å². The summed E-state index contributed by atoms with van der Waals surface area (Å²) in [5.41, 5.74) is 1.37. The average molecular weight is 260 g/mol. The lowest BCUT2D eigenvalue weighted by molar-refractivity contribution is -0.143. The van der Waals surface area contributed by atoms with Gasteiger partial charge in [-0.15, -0.1) is 11.3 Å². The number of hydrogen-bond donors (Lipinski definition) is 0. The van der Waals surface area contributed by atoms with Gasteiger partial charge in [0.1, 0.15) is 10.4 Å². The molecule has 1 aliphatic rings. The third-order valence-corrected chi connectivity index (χ3v) is 4.24. The zero-order chi connectivity index (χ0) is 12.6. The van der Waals surface area contributed by atoms with Gasteiger partial charge in [-0.3, -0.25) is 9.78 Å². The van der Waals surface area contributed by atoms with Gasteiger partial charge in [-0.25, -0.2) is 4.98 Å². The molecule has 2 heterocycles. The Morgan fingerprint density at radius 2 is 2.33 bits per heavy atom. The van der Waals surface area contributed by atoms with Crippen molar-refractivity contribution in [3.05, 3.63) is 34.9 Å². The van der Waals surface area contributed by atoms with Crippen LogP contribution in [0, 0.1) is 0 Å². The highest BCUT2D eigenvalue weighted by atomic mass is 32.1. The summed E-state index contributed by atoms with van der Waals surface area (Å²) >= 11 is 1.52. The van der Waals surface area contributed by atoms with E-state index in [-0.39, 0.29) is 5.97 Å². The molecule has 0 amide bonds. The Balaban J connectivity index is 1.94. The molecule has 4 nitrogen and oxygen atoms in total. The second-order valence-corrected chi connectivity index (χ2v) is 5.21. The minimum absolute atomic E-state index is 0.172. The van der Waals surface area contributed by atoms with Gasteiger partial charge >= 0.3 is 5.97 Å². The first-order valence-electron chi connectivity index (χ1n) is 5.71. The van der Waals surface area contributed by atoms with E-state index in [1.54, 1.807) is 12.4 Å². The number of pyridine rings is 1. The molecule has 5 heteroatoms. The highest BCUT2D eigenvalue weighted by Gasteiger charge is 2.55. The van der Waals surface area contributed by atoms with E-state index >= 15 is 0 Å². The third kappa shape index (κ3) is 1.71. The molecule has 0 N–H and O–H groups in total. The lowest BCUT2D eigenvalue weighted by Gasteiger charge is -2.08. The molecule has 1 aliphatic carbocycles. The first-order valence-corrected chi connectivity index (χ1v) is 6.59. The van der Waals surface area contributed by atoms with Crippen molar-refractivity contribution in [3.8, 4) is 11.3 Å². The number of rotatable bonds is 3. The highest BCUT2D eigenvalue weighted by molar-refractivity contribution is 7.10. The molecule has 0 aliphatic heterocycles. The average Bonchev–Trinajstić information content (AvgIpc) is 3.09. The summed E-state index contributed by atoms with van der Waals surface area (Å²) in [5.74, 6) is -0.172. The zero-order valence-electron chi connectivity index (χ0n) is 9.92. The molecule has 1 fully saturated rings. The van der Waals surface area contributed by atoms with E-state index < -0.39 is 5.41 Å². The molecular weight excluding hydrogens is 248 g/mol. The predicted octanol–water partition coefficient (Wildman–Crippen LogP) is 2.41. The number of carbonyl (C=O) groups excluding carboxylic acids is 1. The van der Waals surface area contributed by atoms with Gasteiger partial charge in [0.25, 0.3) is 0 Å². The summed E-state index contributed by atoms with van der Waals surface area (Å²) in [6.07, 6.45) is 5.17. The SMILES string of the molecule is COC(=O)C1(c2nc(-c3cccnc3)cs2)CC1. The van der Waals surface area contributed by atoms with Crippen LogP contribution in [0.1, 0.15) is 17.8 Å². The number of carbonyl (C=O) groups is 1. The summed E-state index contributed by atoms with van der Waals surface area (Å²) in [6, 6.07) is 3.84. The number of hydrogen-bond acceptors (Lipinski definition) is 5. The Kier molecular flexibility index (Phi) is 2.63. The Hall–Kier alpha value is -1.75. The third-order valence-electron chi connectivity index (χ3n) is 3.20. The van der Waals surface area contributed by atoms with Crippen LogP contribution >= 0.6 is 11.3 Å². The topological polar surface area (TPSA) is 52.1 Å². The molecule has 0 atom stereocenters. The van der Waals surface area contributed by atoms with E-state index in [1.807, 2.05) is 17.5 Å². The zero-order valence-corrected chi connectivity index (χ0v) is 10.7. The van der Waals surface area contributed by atoms with Crippen molar-refractivity contribution in [3.63, 3.8) is 0 Å². The maximum atomic E-state index is 11.8. The van der Waals surface area contributed by atoms with Crippen LogP contribution in [0.25, 0.3) is 11.3 Å². The maximum Gasteiger partial charge on any atom is 0.318 e. The molecule has 0 bridgehead atoms. The molecule has 0 aromatic carbocycles. The monoisotopic (exact) mass is 260 g/mol. The fraction of sp³-hybridized carbons (Fsp3) is 0.308. The van der Waals surface area contributed by atoms with E-state index in [0.717, 1.165) is 29.1 Å². The highest BCUT2D eigenvalue weighted by Crippen LogP contribution is 2.50. The van der Waals surface area contributed by atoms with Crippen LogP contribution < -0.4 is 0 Å². The summed E-state index contributed by atoms with van der Waals surface area (Å²) in [4.78, 5) is 20.4.